The molecule has 0 saturated heterocycles. The highest BCUT2D eigenvalue weighted by Crippen LogP contribution is 2.37. The lowest BCUT2D eigenvalue weighted by Gasteiger charge is -2.16. The lowest BCUT2D eigenvalue weighted by Crippen LogP contribution is -1.99. The van der Waals surface area contributed by atoms with E-state index in [4.69, 9.17) is 0 Å². The lowest BCUT2D eigenvalue weighted by molar-refractivity contribution is 0.599. The summed E-state index contributed by atoms with van der Waals surface area (Å²) < 4.78 is 0. The maximum atomic E-state index is 2.55. The molecule has 0 aliphatic carbocycles. The molecule has 2 aromatic heterocycles. The van der Waals surface area contributed by atoms with Gasteiger partial charge in [-0.05, 0) is 92.7 Å². The van der Waals surface area contributed by atoms with Gasteiger partial charge in [0.15, 0.2) is 0 Å². The Kier molecular flexibility index (Phi) is 11.6. The third-order valence-corrected chi connectivity index (χ3v) is 7.97. The van der Waals surface area contributed by atoms with Gasteiger partial charge in [0.05, 0.1) is 0 Å². The molecule has 32 heavy (non-hydrogen) atoms. The third-order valence-electron chi connectivity index (χ3n) is 6.60. The number of hydrogen-bond donors (Lipinski definition) is 0. The molecule has 0 bridgehead atoms. The van der Waals surface area contributed by atoms with Gasteiger partial charge in [-0.3, -0.25) is 0 Å². The van der Waals surface area contributed by atoms with Crippen molar-refractivity contribution >= 4 is 22.7 Å². The average molecular weight is 467 g/mol. The number of benzene rings is 1. The van der Waals surface area contributed by atoms with Crippen molar-refractivity contribution in [3.63, 3.8) is 0 Å². The number of unbranched alkanes of at least 4 members (excludes halogenated alkanes) is 10. The minimum absolute atomic E-state index is 1.23. The summed E-state index contributed by atoms with van der Waals surface area (Å²) >= 11 is 3.61. The van der Waals surface area contributed by atoms with Crippen LogP contribution in [0.15, 0.2) is 45.8 Å². The Morgan fingerprint density at radius 2 is 0.938 bits per heavy atom. The summed E-state index contributed by atoms with van der Waals surface area (Å²) in [5, 5.41) is 9.05. The summed E-state index contributed by atoms with van der Waals surface area (Å²) in [4.78, 5) is 0. The van der Waals surface area contributed by atoms with Gasteiger partial charge in [0.25, 0.3) is 0 Å². The molecule has 0 spiro atoms. The topological polar surface area (TPSA) is 0 Å². The fraction of sp³-hybridized carbons (Fsp3) is 0.533. The molecule has 2 heteroatoms. The first-order chi connectivity index (χ1) is 15.8. The summed E-state index contributed by atoms with van der Waals surface area (Å²) in [5.74, 6) is 0. The van der Waals surface area contributed by atoms with E-state index in [0.29, 0.717) is 0 Å². The highest BCUT2D eigenvalue weighted by Gasteiger charge is 2.14. The Morgan fingerprint density at radius 3 is 1.31 bits per heavy atom. The van der Waals surface area contributed by atoms with Crippen LogP contribution in [0.1, 0.15) is 102 Å². The van der Waals surface area contributed by atoms with Gasteiger partial charge in [-0.25, -0.2) is 0 Å². The van der Waals surface area contributed by atoms with Gasteiger partial charge in [-0.15, -0.1) is 0 Å². The van der Waals surface area contributed by atoms with Gasteiger partial charge in [-0.1, -0.05) is 90.2 Å². The highest BCUT2D eigenvalue weighted by atomic mass is 32.1. The van der Waals surface area contributed by atoms with E-state index in [1.54, 1.807) is 33.8 Å². The monoisotopic (exact) mass is 466 g/mol. The Morgan fingerprint density at radius 1 is 0.531 bits per heavy atom. The molecule has 0 saturated carbocycles. The SMILES string of the molecule is CCCCCCCCc1cc(-c2ccsc2)c(-c2ccsc2)cc1CCCCCCCC. The van der Waals surface area contributed by atoms with E-state index in [1.165, 1.54) is 112 Å². The molecule has 174 valence electrons. The zero-order valence-electron chi connectivity index (χ0n) is 20.3. The van der Waals surface area contributed by atoms with Crippen molar-refractivity contribution < 1.29 is 0 Å². The summed E-state index contributed by atoms with van der Waals surface area (Å²) in [7, 11) is 0. The molecule has 0 amide bonds. The van der Waals surface area contributed by atoms with Crippen molar-refractivity contribution in [1.29, 1.82) is 0 Å². The average Bonchev–Trinajstić information content (AvgIpc) is 3.53. The first kappa shape index (κ1) is 25.2. The van der Waals surface area contributed by atoms with Crippen molar-refractivity contribution in [3.8, 4) is 22.3 Å². The van der Waals surface area contributed by atoms with Crippen molar-refractivity contribution in [2.24, 2.45) is 0 Å². The number of rotatable bonds is 16. The molecule has 1 aromatic carbocycles. The highest BCUT2D eigenvalue weighted by molar-refractivity contribution is 7.08. The van der Waals surface area contributed by atoms with Crippen LogP contribution in [0.4, 0.5) is 0 Å². The Balaban J connectivity index is 1.78. The molecule has 0 radical (unpaired) electrons. The van der Waals surface area contributed by atoms with E-state index in [9.17, 15) is 0 Å². The van der Waals surface area contributed by atoms with Gasteiger partial charge in [-0.2, -0.15) is 22.7 Å². The lowest BCUT2D eigenvalue weighted by atomic mass is 9.88. The van der Waals surface area contributed by atoms with Crippen LogP contribution >= 0.6 is 22.7 Å². The second kappa shape index (κ2) is 14.7. The van der Waals surface area contributed by atoms with E-state index >= 15 is 0 Å². The van der Waals surface area contributed by atoms with Gasteiger partial charge in [0.1, 0.15) is 0 Å². The van der Waals surface area contributed by atoms with E-state index < -0.39 is 0 Å². The van der Waals surface area contributed by atoms with Gasteiger partial charge in [0.2, 0.25) is 0 Å². The first-order valence-corrected chi connectivity index (χ1v) is 14.9. The van der Waals surface area contributed by atoms with E-state index in [-0.39, 0.29) is 0 Å². The van der Waals surface area contributed by atoms with Crippen molar-refractivity contribution in [2.75, 3.05) is 0 Å². The smallest absolute Gasteiger partial charge is 0.00145 e. The minimum atomic E-state index is 1.23. The first-order valence-electron chi connectivity index (χ1n) is 13.0. The Bertz CT molecular complexity index is 785. The molecular weight excluding hydrogens is 424 g/mol. The van der Waals surface area contributed by atoms with Crippen molar-refractivity contribution in [2.45, 2.75) is 104 Å². The predicted octanol–water partition coefficient (Wildman–Crippen LogP) is 10.9. The second-order valence-corrected chi connectivity index (χ2v) is 10.8. The maximum Gasteiger partial charge on any atom is -0.00145 e. The van der Waals surface area contributed by atoms with Crippen molar-refractivity contribution in [1.82, 2.24) is 0 Å². The van der Waals surface area contributed by atoms with Gasteiger partial charge >= 0.3 is 0 Å². The molecule has 2 heterocycles. The summed E-state index contributed by atoms with van der Waals surface area (Å²) in [6.45, 7) is 4.60. The fourth-order valence-electron chi connectivity index (χ4n) is 4.66. The largest absolute Gasteiger partial charge is 0.152 e. The Hall–Kier alpha value is -1.38. The molecule has 3 rings (SSSR count). The summed E-state index contributed by atoms with van der Waals surface area (Å²) in [6, 6.07) is 9.68. The van der Waals surface area contributed by atoms with Crippen LogP contribution in [-0.2, 0) is 12.8 Å². The third kappa shape index (κ3) is 7.89. The normalized spacial score (nSPS) is 11.3. The summed E-state index contributed by atoms with van der Waals surface area (Å²) in [6.07, 6.45) is 18.9. The molecule has 0 nitrogen and oxygen atoms in total. The van der Waals surface area contributed by atoms with Crippen LogP contribution in [0.5, 0.6) is 0 Å². The second-order valence-electron chi connectivity index (χ2n) is 9.23. The molecule has 0 fully saturated rings. The molecule has 0 aliphatic heterocycles. The molecule has 3 aromatic rings. The van der Waals surface area contributed by atoms with Gasteiger partial charge < -0.3 is 0 Å². The van der Waals surface area contributed by atoms with E-state index in [0.717, 1.165) is 0 Å². The van der Waals surface area contributed by atoms with Crippen LogP contribution in [0, 0.1) is 0 Å². The zero-order valence-corrected chi connectivity index (χ0v) is 22.0. The quantitative estimate of drug-likeness (QED) is 0.184. The van der Waals surface area contributed by atoms with Crippen LogP contribution in [0.3, 0.4) is 0 Å². The van der Waals surface area contributed by atoms with Crippen LogP contribution in [0.2, 0.25) is 0 Å². The van der Waals surface area contributed by atoms with Gasteiger partial charge in [0, 0.05) is 0 Å². The van der Waals surface area contributed by atoms with Crippen molar-refractivity contribution in [3.05, 3.63) is 56.9 Å². The number of aryl methyl sites for hydroxylation is 2. The zero-order chi connectivity index (χ0) is 22.4. The standard InChI is InChI=1S/C30H42S2/c1-3-5-7-9-11-13-15-25-21-29(27-17-19-31-23-27)30(28-18-20-32-24-28)22-26(25)16-14-12-10-8-6-4-2/h17-24H,3-16H2,1-2H3. The minimum Gasteiger partial charge on any atom is -0.152 e. The molecule has 0 aliphatic rings. The fourth-order valence-corrected chi connectivity index (χ4v) is 5.97. The molecular formula is C30H42S2. The molecule has 0 atom stereocenters. The molecule has 0 N–H and O–H groups in total. The number of hydrogen-bond acceptors (Lipinski definition) is 2. The number of thiophene rings is 2. The van der Waals surface area contributed by atoms with Crippen LogP contribution in [-0.4, -0.2) is 0 Å². The summed E-state index contributed by atoms with van der Waals surface area (Å²) in [5.41, 5.74) is 8.83. The van der Waals surface area contributed by atoms with E-state index in [2.05, 4.69) is 59.6 Å². The molecule has 0 unspecified atom stereocenters. The van der Waals surface area contributed by atoms with E-state index in [1.807, 2.05) is 0 Å². The Labute approximate surface area is 205 Å². The maximum absolute atomic E-state index is 2.55. The van der Waals surface area contributed by atoms with Crippen LogP contribution in [0.25, 0.3) is 22.3 Å². The van der Waals surface area contributed by atoms with Crippen LogP contribution < -0.4 is 0 Å². The predicted molar refractivity (Wildman–Crippen MR) is 147 cm³/mol.